The first-order chi connectivity index (χ1) is 7.34. The molecular weight excluding hydrogens is 214 g/mol. The van der Waals surface area contributed by atoms with Gasteiger partial charge in [0, 0.05) is 11.6 Å². The first-order valence-corrected chi connectivity index (χ1v) is 5.42. The lowest BCUT2D eigenvalue weighted by Crippen LogP contribution is -2.44. The van der Waals surface area contributed by atoms with E-state index in [2.05, 4.69) is 5.32 Å². The zero-order valence-electron chi connectivity index (χ0n) is 8.41. The summed E-state index contributed by atoms with van der Waals surface area (Å²) < 4.78 is 10.9. The van der Waals surface area contributed by atoms with Gasteiger partial charge in [-0.2, -0.15) is 0 Å². The summed E-state index contributed by atoms with van der Waals surface area (Å²) in [5.41, 5.74) is 0. The van der Waals surface area contributed by atoms with Crippen molar-refractivity contribution in [1.82, 2.24) is 5.32 Å². The number of hydrogen-bond donors (Lipinski definition) is 1. The third-order valence-corrected chi connectivity index (χ3v) is 2.52. The van der Waals surface area contributed by atoms with E-state index in [1.807, 2.05) is 24.3 Å². The highest BCUT2D eigenvalue weighted by Gasteiger charge is 2.13. The third-order valence-electron chi connectivity index (χ3n) is 2.26. The van der Waals surface area contributed by atoms with Crippen molar-refractivity contribution in [2.45, 2.75) is 6.04 Å². The van der Waals surface area contributed by atoms with Crippen LogP contribution >= 0.6 is 11.6 Å². The molecule has 1 aromatic rings. The second kappa shape index (κ2) is 5.35. The van der Waals surface area contributed by atoms with Crippen LogP contribution in [-0.2, 0) is 4.74 Å². The molecule has 1 saturated heterocycles. The smallest absolute Gasteiger partial charge is 0.119 e. The van der Waals surface area contributed by atoms with Crippen molar-refractivity contribution in [3.05, 3.63) is 29.3 Å². The summed E-state index contributed by atoms with van der Waals surface area (Å²) in [5, 5.41) is 4.05. The Morgan fingerprint density at radius 3 is 2.87 bits per heavy atom. The highest BCUT2D eigenvalue weighted by molar-refractivity contribution is 6.30. The fourth-order valence-corrected chi connectivity index (χ4v) is 1.58. The van der Waals surface area contributed by atoms with Gasteiger partial charge in [-0.25, -0.2) is 0 Å². The quantitative estimate of drug-likeness (QED) is 0.853. The van der Waals surface area contributed by atoms with Gasteiger partial charge in [0.15, 0.2) is 0 Å². The van der Waals surface area contributed by atoms with Crippen LogP contribution in [0, 0.1) is 0 Å². The summed E-state index contributed by atoms with van der Waals surface area (Å²) in [6.45, 7) is 3.03. The van der Waals surface area contributed by atoms with E-state index in [0.29, 0.717) is 13.2 Å². The molecule has 1 fully saturated rings. The second-order valence-corrected chi connectivity index (χ2v) is 3.93. The standard InChI is InChI=1S/C11H14ClNO2/c12-9-1-3-11(4-2-9)15-8-10-7-14-6-5-13-10/h1-4,10,13H,5-8H2/t10-/m1/s1. The summed E-state index contributed by atoms with van der Waals surface area (Å²) in [5.74, 6) is 0.840. The van der Waals surface area contributed by atoms with E-state index >= 15 is 0 Å². The average Bonchev–Trinajstić information content (AvgIpc) is 2.30. The lowest BCUT2D eigenvalue weighted by atomic mass is 10.3. The Morgan fingerprint density at radius 2 is 2.20 bits per heavy atom. The Labute approximate surface area is 94.3 Å². The summed E-state index contributed by atoms with van der Waals surface area (Å²) in [4.78, 5) is 0. The van der Waals surface area contributed by atoms with Crippen LogP contribution in [0.15, 0.2) is 24.3 Å². The molecule has 3 nitrogen and oxygen atoms in total. The summed E-state index contributed by atoms with van der Waals surface area (Å²) >= 11 is 5.77. The Bertz CT molecular complexity index is 296. The number of benzene rings is 1. The lowest BCUT2D eigenvalue weighted by molar-refractivity contribution is 0.0592. The average molecular weight is 228 g/mol. The van der Waals surface area contributed by atoms with Crippen molar-refractivity contribution in [2.75, 3.05) is 26.4 Å². The van der Waals surface area contributed by atoms with Crippen LogP contribution in [-0.4, -0.2) is 32.4 Å². The molecule has 82 valence electrons. The van der Waals surface area contributed by atoms with E-state index in [0.717, 1.165) is 23.9 Å². The van der Waals surface area contributed by atoms with E-state index in [4.69, 9.17) is 21.1 Å². The van der Waals surface area contributed by atoms with E-state index < -0.39 is 0 Å². The Morgan fingerprint density at radius 1 is 1.40 bits per heavy atom. The van der Waals surface area contributed by atoms with Crippen molar-refractivity contribution < 1.29 is 9.47 Å². The lowest BCUT2D eigenvalue weighted by Gasteiger charge is -2.23. The molecule has 15 heavy (non-hydrogen) atoms. The van der Waals surface area contributed by atoms with Gasteiger partial charge >= 0.3 is 0 Å². The summed E-state index contributed by atoms with van der Waals surface area (Å²) in [6.07, 6.45) is 0. The Hall–Kier alpha value is -0.770. The topological polar surface area (TPSA) is 30.5 Å². The molecule has 0 aliphatic carbocycles. The van der Waals surface area contributed by atoms with Gasteiger partial charge in [0.1, 0.15) is 12.4 Å². The van der Waals surface area contributed by atoms with Gasteiger partial charge < -0.3 is 14.8 Å². The van der Waals surface area contributed by atoms with Crippen molar-refractivity contribution in [3.8, 4) is 5.75 Å². The number of rotatable bonds is 3. The molecule has 0 saturated carbocycles. The largest absolute Gasteiger partial charge is 0.492 e. The van der Waals surface area contributed by atoms with Gasteiger partial charge in [0.25, 0.3) is 0 Å². The molecule has 0 unspecified atom stereocenters. The fourth-order valence-electron chi connectivity index (χ4n) is 1.45. The minimum Gasteiger partial charge on any atom is -0.492 e. The van der Waals surface area contributed by atoms with E-state index in [1.54, 1.807) is 0 Å². The first-order valence-electron chi connectivity index (χ1n) is 5.04. The minimum atomic E-state index is 0.287. The number of morpholine rings is 1. The number of nitrogens with one attached hydrogen (secondary N) is 1. The summed E-state index contributed by atoms with van der Waals surface area (Å²) in [6, 6.07) is 7.66. The summed E-state index contributed by atoms with van der Waals surface area (Å²) in [7, 11) is 0. The molecule has 0 bridgehead atoms. The van der Waals surface area contributed by atoms with Gasteiger partial charge in [0.05, 0.1) is 19.3 Å². The van der Waals surface area contributed by atoms with Crippen LogP contribution < -0.4 is 10.1 Å². The molecule has 0 aromatic heterocycles. The molecule has 1 atom stereocenters. The van der Waals surface area contributed by atoms with Gasteiger partial charge in [-0.1, -0.05) is 11.6 Å². The molecular formula is C11H14ClNO2. The fraction of sp³-hybridized carbons (Fsp3) is 0.455. The first kappa shape index (κ1) is 10.7. The molecule has 1 N–H and O–H groups in total. The molecule has 1 aliphatic heterocycles. The highest BCUT2D eigenvalue weighted by atomic mass is 35.5. The Balaban J connectivity index is 1.79. The maximum Gasteiger partial charge on any atom is 0.119 e. The number of hydrogen-bond acceptors (Lipinski definition) is 3. The predicted molar refractivity (Wildman–Crippen MR) is 59.6 cm³/mol. The highest BCUT2D eigenvalue weighted by Crippen LogP contribution is 2.15. The van der Waals surface area contributed by atoms with Crippen molar-refractivity contribution in [3.63, 3.8) is 0 Å². The molecule has 1 heterocycles. The SMILES string of the molecule is Clc1ccc(OC[C@H]2COCCN2)cc1. The van der Waals surface area contributed by atoms with Crippen LogP contribution in [0.4, 0.5) is 0 Å². The zero-order chi connectivity index (χ0) is 10.5. The van der Waals surface area contributed by atoms with Crippen molar-refractivity contribution in [2.24, 2.45) is 0 Å². The monoisotopic (exact) mass is 227 g/mol. The normalized spacial score (nSPS) is 21.3. The van der Waals surface area contributed by atoms with Crippen molar-refractivity contribution >= 4 is 11.6 Å². The molecule has 0 amide bonds. The van der Waals surface area contributed by atoms with Crippen LogP contribution in [0.3, 0.4) is 0 Å². The molecule has 2 rings (SSSR count). The van der Waals surface area contributed by atoms with E-state index in [-0.39, 0.29) is 6.04 Å². The van der Waals surface area contributed by atoms with Crippen molar-refractivity contribution in [1.29, 1.82) is 0 Å². The molecule has 0 spiro atoms. The van der Waals surface area contributed by atoms with Crippen LogP contribution in [0.1, 0.15) is 0 Å². The maximum atomic E-state index is 5.77. The van der Waals surface area contributed by atoms with Gasteiger partial charge in [-0.3, -0.25) is 0 Å². The van der Waals surface area contributed by atoms with Gasteiger partial charge in [-0.15, -0.1) is 0 Å². The van der Waals surface area contributed by atoms with Gasteiger partial charge in [0.2, 0.25) is 0 Å². The minimum absolute atomic E-state index is 0.287. The predicted octanol–water partition coefficient (Wildman–Crippen LogP) is 1.71. The van der Waals surface area contributed by atoms with E-state index in [9.17, 15) is 0 Å². The zero-order valence-corrected chi connectivity index (χ0v) is 9.17. The molecule has 1 aromatic carbocycles. The number of halogens is 1. The van der Waals surface area contributed by atoms with Gasteiger partial charge in [-0.05, 0) is 24.3 Å². The van der Waals surface area contributed by atoms with Crippen LogP contribution in [0.2, 0.25) is 5.02 Å². The second-order valence-electron chi connectivity index (χ2n) is 3.49. The third kappa shape index (κ3) is 3.38. The van der Waals surface area contributed by atoms with E-state index in [1.165, 1.54) is 0 Å². The number of ether oxygens (including phenoxy) is 2. The Kier molecular flexibility index (Phi) is 3.83. The van der Waals surface area contributed by atoms with Crippen LogP contribution in [0.25, 0.3) is 0 Å². The molecule has 1 aliphatic rings. The maximum absolute atomic E-state index is 5.77. The molecule has 4 heteroatoms. The molecule has 0 radical (unpaired) electrons. The van der Waals surface area contributed by atoms with Crippen LogP contribution in [0.5, 0.6) is 5.75 Å².